The van der Waals surface area contributed by atoms with Gasteiger partial charge in [0.1, 0.15) is 11.6 Å². The smallest absolute Gasteiger partial charge is 0.254 e. The molecule has 0 aliphatic carbocycles. The largest absolute Gasteiger partial charge is 0.497 e. The number of anilines is 1. The van der Waals surface area contributed by atoms with E-state index in [0.717, 1.165) is 41.3 Å². The number of aromatic nitrogens is 1. The van der Waals surface area contributed by atoms with E-state index in [1.165, 1.54) is 10.9 Å². The zero-order valence-electron chi connectivity index (χ0n) is 20.1. The van der Waals surface area contributed by atoms with Crippen LogP contribution in [0.5, 0.6) is 5.75 Å². The number of piperazine rings is 1. The third-order valence-electron chi connectivity index (χ3n) is 6.54. The Bertz CT molecular complexity index is 1360. The molecule has 0 radical (unpaired) electrons. The summed E-state index contributed by atoms with van der Waals surface area (Å²) in [6, 6.07) is 28.0. The third-order valence-corrected chi connectivity index (χ3v) is 6.54. The van der Waals surface area contributed by atoms with E-state index in [0.29, 0.717) is 18.7 Å². The number of methoxy groups -OCH3 is 1. The van der Waals surface area contributed by atoms with Crippen molar-refractivity contribution in [3.8, 4) is 5.75 Å². The Morgan fingerprint density at radius 2 is 1.57 bits per heavy atom. The number of carbonyl (C=O) groups excluding carboxylic acids is 1. The fourth-order valence-electron chi connectivity index (χ4n) is 4.56. The summed E-state index contributed by atoms with van der Waals surface area (Å²) in [5.41, 5.74) is 4.81. The predicted molar refractivity (Wildman–Crippen MR) is 143 cm³/mol. The first kappa shape index (κ1) is 22.7. The maximum atomic E-state index is 13.7. The molecule has 5 nitrogen and oxygen atoms in total. The van der Waals surface area contributed by atoms with Crippen LogP contribution in [0.3, 0.4) is 0 Å². The normalized spacial score (nSPS) is 14.3. The number of benzene rings is 3. The molecule has 1 aliphatic rings. The molecule has 1 fully saturated rings. The SMILES string of the molecule is COc1ccc(/C=C(/C(=O)N2CCN(c3cc(C)c4ccccc4n3)CC2)c2ccccc2)cc1. The fourth-order valence-corrected chi connectivity index (χ4v) is 4.56. The van der Waals surface area contributed by atoms with Crippen LogP contribution in [0.1, 0.15) is 16.7 Å². The minimum absolute atomic E-state index is 0.0503. The van der Waals surface area contributed by atoms with Crippen molar-refractivity contribution in [3.63, 3.8) is 0 Å². The minimum Gasteiger partial charge on any atom is -0.497 e. The molecule has 0 saturated carbocycles. The number of carbonyl (C=O) groups is 1. The number of hydrogen-bond acceptors (Lipinski definition) is 4. The second kappa shape index (κ2) is 10.0. The molecule has 5 rings (SSSR count). The highest BCUT2D eigenvalue weighted by molar-refractivity contribution is 6.24. The summed E-state index contributed by atoms with van der Waals surface area (Å²) in [7, 11) is 1.65. The molecule has 2 heterocycles. The van der Waals surface area contributed by atoms with E-state index >= 15 is 0 Å². The molecule has 176 valence electrons. The topological polar surface area (TPSA) is 45.7 Å². The lowest BCUT2D eigenvalue weighted by Crippen LogP contribution is -2.49. The number of hydrogen-bond donors (Lipinski definition) is 0. The molecule has 0 N–H and O–H groups in total. The molecule has 5 heteroatoms. The maximum absolute atomic E-state index is 13.7. The van der Waals surface area contributed by atoms with Crippen LogP contribution >= 0.6 is 0 Å². The van der Waals surface area contributed by atoms with Gasteiger partial charge in [-0.15, -0.1) is 0 Å². The Kier molecular flexibility index (Phi) is 6.49. The number of para-hydroxylation sites is 1. The Morgan fingerprint density at radius 1 is 0.886 bits per heavy atom. The lowest BCUT2D eigenvalue weighted by Gasteiger charge is -2.36. The summed E-state index contributed by atoms with van der Waals surface area (Å²) < 4.78 is 5.27. The molecule has 0 atom stereocenters. The van der Waals surface area contributed by atoms with E-state index < -0.39 is 0 Å². The Hall–Kier alpha value is -4.12. The van der Waals surface area contributed by atoms with Gasteiger partial charge < -0.3 is 14.5 Å². The summed E-state index contributed by atoms with van der Waals surface area (Å²) in [5, 5.41) is 1.18. The molecule has 0 spiro atoms. The molecule has 3 aromatic carbocycles. The zero-order valence-corrected chi connectivity index (χ0v) is 20.1. The van der Waals surface area contributed by atoms with Crippen LogP contribution in [0.25, 0.3) is 22.6 Å². The second-order valence-corrected chi connectivity index (χ2v) is 8.79. The van der Waals surface area contributed by atoms with Crippen LogP contribution < -0.4 is 9.64 Å². The van der Waals surface area contributed by atoms with Gasteiger partial charge in [-0.2, -0.15) is 0 Å². The number of rotatable bonds is 5. The van der Waals surface area contributed by atoms with E-state index in [2.05, 4.69) is 30.0 Å². The van der Waals surface area contributed by atoms with Crippen molar-refractivity contribution < 1.29 is 9.53 Å². The second-order valence-electron chi connectivity index (χ2n) is 8.79. The van der Waals surface area contributed by atoms with Gasteiger partial charge in [-0.1, -0.05) is 60.7 Å². The van der Waals surface area contributed by atoms with Gasteiger partial charge in [0.25, 0.3) is 5.91 Å². The van der Waals surface area contributed by atoms with Crippen LogP contribution in [0.2, 0.25) is 0 Å². The van der Waals surface area contributed by atoms with E-state index in [-0.39, 0.29) is 5.91 Å². The average molecular weight is 464 g/mol. The number of nitrogens with zero attached hydrogens (tertiary/aromatic N) is 3. The van der Waals surface area contributed by atoms with Gasteiger partial charge in [0, 0.05) is 37.1 Å². The van der Waals surface area contributed by atoms with Crippen LogP contribution in [0, 0.1) is 6.92 Å². The molecule has 0 bridgehead atoms. The van der Waals surface area contributed by atoms with Crippen molar-refractivity contribution in [1.82, 2.24) is 9.88 Å². The van der Waals surface area contributed by atoms with Crippen molar-refractivity contribution in [2.24, 2.45) is 0 Å². The van der Waals surface area contributed by atoms with Gasteiger partial charge in [-0.3, -0.25) is 4.79 Å². The van der Waals surface area contributed by atoms with Gasteiger partial charge in [-0.05, 0) is 54.0 Å². The van der Waals surface area contributed by atoms with Crippen molar-refractivity contribution in [1.29, 1.82) is 0 Å². The first-order valence-corrected chi connectivity index (χ1v) is 11.9. The van der Waals surface area contributed by atoms with Gasteiger partial charge in [0.15, 0.2) is 0 Å². The lowest BCUT2D eigenvalue weighted by atomic mass is 10.0. The van der Waals surface area contributed by atoms with Gasteiger partial charge >= 0.3 is 0 Å². The average Bonchev–Trinajstić information content (AvgIpc) is 2.92. The number of amides is 1. The van der Waals surface area contributed by atoms with Crippen LogP contribution in [-0.4, -0.2) is 49.1 Å². The summed E-state index contributed by atoms with van der Waals surface area (Å²) in [6.45, 7) is 4.93. The van der Waals surface area contributed by atoms with Crippen molar-refractivity contribution in [2.45, 2.75) is 6.92 Å². The fraction of sp³-hybridized carbons (Fsp3) is 0.200. The van der Waals surface area contributed by atoms with E-state index in [4.69, 9.17) is 9.72 Å². The van der Waals surface area contributed by atoms with Crippen molar-refractivity contribution in [2.75, 3.05) is 38.2 Å². The standard InChI is InChI=1S/C30H29N3O2/c1-22-20-29(31-28-11-7-6-10-26(22)28)32-16-18-33(19-17-32)30(34)27(24-8-4-3-5-9-24)21-23-12-14-25(35-2)15-13-23/h3-15,20-21H,16-19H2,1-2H3/b27-21+. The van der Waals surface area contributed by atoms with Crippen molar-refractivity contribution in [3.05, 3.63) is 102 Å². The Balaban J connectivity index is 1.36. The Labute approximate surface area is 206 Å². The summed E-state index contributed by atoms with van der Waals surface area (Å²) in [6.07, 6.45) is 1.97. The molecular formula is C30H29N3O2. The molecule has 1 amide bonds. The highest BCUT2D eigenvalue weighted by atomic mass is 16.5. The molecule has 0 unspecified atom stereocenters. The monoisotopic (exact) mass is 463 g/mol. The van der Waals surface area contributed by atoms with Crippen LogP contribution in [0.15, 0.2) is 84.9 Å². The van der Waals surface area contributed by atoms with Gasteiger partial charge in [-0.25, -0.2) is 4.98 Å². The van der Waals surface area contributed by atoms with Crippen molar-refractivity contribution >= 4 is 34.3 Å². The lowest BCUT2D eigenvalue weighted by molar-refractivity contribution is -0.125. The third kappa shape index (κ3) is 4.90. The molecule has 35 heavy (non-hydrogen) atoms. The van der Waals surface area contributed by atoms with E-state index in [9.17, 15) is 4.79 Å². The highest BCUT2D eigenvalue weighted by Crippen LogP contribution is 2.26. The van der Waals surface area contributed by atoms with Crippen LogP contribution in [-0.2, 0) is 4.79 Å². The van der Waals surface area contributed by atoms with E-state index in [1.807, 2.05) is 77.7 Å². The highest BCUT2D eigenvalue weighted by Gasteiger charge is 2.25. The summed E-state index contributed by atoms with van der Waals surface area (Å²) in [4.78, 5) is 22.8. The molecule has 1 saturated heterocycles. The van der Waals surface area contributed by atoms with Gasteiger partial charge in [0.2, 0.25) is 0 Å². The Morgan fingerprint density at radius 3 is 2.29 bits per heavy atom. The first-order chi connectivity index (χ1) is 17.1. The van der Waals surface area contributed by atoms with Crippen LogP contribution in [0.4, 0.5) is 5.82 Å². The number of aryl methyl sites for hydroxylation is 1. The quantitative estimate of drug-likeness (QED) is 0.292. The number of fused-ring (bicyclic) bond motifs is 1. The predicted octanol–water partition coefficient (Wildman–Crippen LogP) is 5.44. The van der Waals surface area contributed by atoms with E-state index in [1.54, 1.807) is 7.11 Å². The van der Waals surface area contributed by atoms with Gasteiger partial charge in [0.05, 0.1) is 12.6 Å². The molecular weight excluding hydrogens is 434 g/mol. The zero-order chi connectivity index (χ0) is 24.2. The molecule has 1 aliphatic heterocycles. The minimum atomic E-state index is 0.0503. The maximum Gasteiger partial charge on any atom is 0.254 e. The number of ether oxygens (including phenoxy) is 1. The number of pyridine rings is 1. The molecule has 1 aromatic heterocycles. The summed E-state index contributed by atoms with van der Waals surface area (Å²) >= 11 is 0. The molecule has 4 aromatic rings. The first-order valence-electron chi connectivity index (χ1n) is 11.9. The summed E-state index contributed by atoms with van der Waals surface area (Å²) in [5.74, 6) is 1.82.